The van der Waals surface area contributed by atoms with Gasteiger partial charge >= 0.3 is 0 Å². The number of nitriles is 2. The minimum atomic E-state index is -0.541. The summed E-state index contributed by atoms with van der Waals surface area (Å²) in [6.45, 7) is 8.04. The molecule has 0 radical (unpaired) electrons. The molecule has 0 unspecified atom stereocenters. The van der Waals surface area contributed by atoms with Gasteiger partial charge in [-0.15, -0.1) is 0 Å². The van der Waals surface area contributed by atoms with Gasteiger partial charge in [-0.25, -0.2) is 0 Å². The third-order valence-corrected chi connectivity index (χ3v) is 4.47. The van der Waals surface area contributed by atoms with Crippen LogP contribution in [-0.2, 0) is 0 Å². The van der Waals surface area contributed by atoms with Gasteiger partial charge in [-0.1, -0.05) is 33.8 Å². The first-order valence-electron chi connectivity index (χ1n) is 8.01. The highest BCUT2D eigenvalue weighted by Crippen LogP contribution is 2.27. The Morgan fingerprint density at radius 3 is 1.45 bits per heavy atom. The summed E-state index contributed by atoms with van der Waals surface area (Å²) in [4.78, 5) is 0. The van der Waals surface area contributed by atoms with Gasteiger partial charge in [-0.3, -0.25) is 0 Å². The van der Waals surface area contributed by atoms with Gasteiger partial charge in [0, 0.05) is 11.4 Å². The monoisotopic (exact) mass is 298 g/mol. The molecule has 1 aromatic rings. The Bertz CT molecular complexity index is 510. The third kappa shape index (κ3) is 3.92. The Morgan fingerprint density at radius 2 is 1.18 bits per heavy atom. The van der Waals surface area contributed by atoms with E-state index in [9.17, 15) is 10.5 Å². The molecule has 1 rings (SSSR count). The second kappa shape index (κ2) is 7.71. The highest BCUT2D eigenvalue weighted by atomic mass is 15.0. The summed E-state index contributed by atoms with van der Waals surface area (Å²) in [5.41, 5.74) is 0.713. The molecule has 0 saturated carbocycles. The van der Waals surface area contributed by atoms with Gasteiger partial charge in [0.15, 0.2) is 0 Å². The van der Waals surface area contributed by atoms with Crippen molar-refractivity contribution in [2.75, 3.05) is 10.6 Å². The van der Waals surface area contributed by atoms with Crippen molar-refractivity contribution in [1.29, 1.82) is 10.5 Å². The van der Waals surface area contributed by atoms with Gasteiger partial charge < -0.3 is 10.6 Å². The molecule has 0 aliphatic rings. The van der Waals surface area contributed by atoms with E-state index in [1.54, 1.807) is 0 Å². The fourth-order valence-corrected chi connectivity index (χ4v) is 2.45. The number of benzene rings is 1. The van der Waals surface area contributed by atoms with Gasteiger partial charge in [0.25, 0.3) is 0 Å². The molecule has 0 saturated heterocycles. The van der Waals surface area contributed by atoms with Gasteiger partial charge in [-0.05, 0) is 43.9 Å². The van der Waals surface area contributed by atoms with E-state index in [-0.39, 0.29) is 0 Å². The second-order valence-electron chi connectivity index (χ2n) is 5.63. The summed E-state index contributed by atoms with van der Waals surface area (Å²) in [5.74, 6) is 0. The number of anilines is 2. The molecule has 0 aromatic heterocycles. The summed E-state index contributed by atoms with van der Waals surface area (Å²) in [5, 5.41) is 25.5. The van der Waals surface area contributed by atoms with E-state index < -0.39 is 11.1 Å². The van der Waals surface area contributed by atoms with Crippen molar-refractivity contribution in [2.24, 2.45) is 0 Å². The largest absolute Gasteiger partial charge is 0.367 e. The van der Waals surface area contributed by atoms with E-state index >= 15 is 0 Å². The van der Waals surface area contributed by atoms with Gasteiger partial charge in [0.05, 0.1) is 12.1 Å². The zero-order chi connectivity index (χ0) is 16.6. The van der Waals surface area contributed by atoms with Crippen LogP contribution in [0.25, 0.3) is 0 Å². The van der Waals surface area contributed by atoms with Crippen molar-refractivity contribution < 1.29 is 0 Å². The summed E-state index contributed by atoms with van der Waals surface area (Å²) in [6.07, 6.45) is 2.96. The van der Waals surface area contributed by atoms with Crippen LogP contribution in [0.2, 0.25) is 0 Å². The Labute approximate surface area is 134 Å². The Kier molecular flexibility index (Phi) is 6.25. The summed E-state index contributed by atoms with van der Waals surface area (Å²) < 4.78 is 0. The first-order valence-corrected chi connectivity index (χ1v) is 8.01. The van der Waals surface area contributed by atoms with Gasteiger partial charge in [0.2, 0.25) is 0 Å². The lowest BCUT2D eigenvalue weighted by Crippen LogP contribution is -2.36. The molecule has 0 spiro atoms. The van der Waals surface area contributed by atoms with Crippen molar-refractivity contribution >= 4 is 11.4 Å². The van der Waals surface area contributed by atoms with E-state index in [1.807, 2.05) is 52.0 Å². The SMILES string of the molecule is CCC(C#N)(CC)Nc1cccc(NC(C#N)(CC)CC)c1. The van der Waals surface area contributed by atoms with Crippen LogP contribution < -0.4 is 10.6 Å². The lowest BCUT2D eigenvalue weighted by Gasteiger charge is -2.28. The molecule has 118 valence electrons. The Hall–Kier alpha value is -2.20. The number of nitrogens with one attached hydrogen (secondary N) is 2. The molecule has 22 heavy (non-hydrogen) atoms. The molecular formula is C18H26N4. The lowest BCUT2D eigenvalue weighted by molar-refractivity contribution is 0.546. The first kappa shape index (κ1) is 17.9. The van der Waals surface area contributed by atoms with Crippen LogP contribution in [0.5, 0.6) is 0 Å². The fourth-order valence-electron chi connectivity index (χ4n) is 2.45. The van der Waals surface area contributed by atoms with Crippen LogP contribution in [-0.4, -0.2) is 11.1 Å². The molecule has 1 aromatic carbocycles. The molecule has 0 atom stereocenters. The summed E-state index contributed by atoms with van der Waals surface area (Å²) in [7, 11) is 0. The van der Waals surface area contributed by atoms with Crippen LogP contribution in [0.1, 0.15) is 53.4 Å². The van der Waals surface area contributed by atoms with E-state index in [0.29, 0.717) is 0 Å². The quantitative estimate of drug-likeness (QED) is 0.731. The maximum atomic E-state index is 9.44. The molecular weight excluding hydrogens is 272 g/mol. The van der Waals surface area contributed by atoms with Crippen molar-refractivity contribution in [2.45, 2.75) is 64.5 Å². The highest BCUT2D eigenvalue weighted by Gasteiger charge is 2.27. The molecule has 0 bridgehead atoms. The van der Waals surface area contributed by atoms with Gasteiger partial charge in [0.1, 0.15) is 11.1 Å². The molecule has 0 aliphatic carbocycles. The topological polar surface area (TPSA) is 71.6 Å². The number of rotatable bonds is 8. The lowest BCUT2D eigenvalue weighted by atomic mass is 9.93. The predicted octanol–water partition coefficient (Wildman–Crippen LogP) is 4.68. The first-order chi connectivity index (χ1) is 10.5. The third-order valence-electron chi connectivity index (χ3n) is 4.47. The van der Waals surface area contributed by atoms with Crippen molar-refractivity contribution in [1.82, 2.24) is 0 Å². The fraction of sp³-hybridized carbons (Fsp3) is 0.556. The second-order valence-corrected chi connectivity index (χ2v) is 5.63. The van der Waals surface area contributed by atoms with Crippen molar-refractivity contribution in [3.63, 3.8) is 0 Å². The normalized spacial score (nSPS) is 11.4. The highest BCUT2D eigenvalue weighted by molar-refractivity contribution is 5.60. The van der Waals surface area contributed by atoms with Crippen LogP contribution in [0.3, 0.4) is 0 Å². The number of hydrogen-bond donors (Lipinski definition) is 2. The van der Waals surface area contributed by atoms with Crippen LogP contribution in [0.15, 0.2) is 24.3 Å². The van der Waals surface area contributed by atoms with Crippen LogP contribution >= 0.6 is 0 Å². The van der Waals surface area contributed by atoms with E-state index in [1.165, 1.54) is 0 Å². The van der Waals surface area contributed by atoms with Crippen molar-refractivity contribution in [3.8, 4) is 12.1 Å². The zero-order valence-electron chi connectivity index (χ0n) is 14.0. The molecule has 0 aliphatic heterocycles. The van der Waals surface area contributed by atoms with E-state index in [0.717, 1.165) is 37.1 Å². The molecule has 2 N–H and O–H groups in total. The van der Waals surface area contributed by atoms with Crippen molar-refractivity contribution in [3.05, 3.63) is 24.3 Å². The van der Waals surface area contributed by atoms with Crippen LogP contribution in [0.4, 0.5) is 11.4 Å². The Morgan fingerprint density at radius 1 is 0.818 bits per heavy atom. The molecule has 0 amide bonds. The maximum absolute atomic E-state index is 9.44. The molecule has 4 heteroatoms. The van der Waals surface area contributed by atoms with E-state index in [2.05, 4.69) is 22.8 Å². The average molecular weight is 298 g/mol. The summed E-state index contributed by atoms with van der Waals surface area (Å²) in [6, 6.07) is 12.6. The molecule has 0 heterocycles. The standard InChI is InChI=1S/C18H26N4/c1-5-17(6-2,13-19)21-15-10-9-11-16(12-15)22-18(7-3,8-4)14-20/h9-12,21-22H,5-8H2,1-4H3. The molecule has 4 nitrogen and oxygen atoms in total. The Balaban J connectivity index is 3.01. The minimum Gasteiger partial charge on any atom is -0.367 e. The zero-order valence-corrected chi connectivity index (χ0v) is 14.0. The minimum absolute atomic E-state index is 0.541. The predicted molar refractivity (Wildman–Crippen MR) is 91.5 cm³/mol. The number of hydrogen-bond acceptors (Lipinski definition) is 4. The van der Waals surface area contributed by atoms with Gasteiger partial charge in [-0.2, -0.15) is 10.5 Å². The average Bonchev–Trinajstić information content (AvgIpc) is 2.58. The summed E-state index contributed by atoms with van der Waals surface area (Å²) >= 11 is 0. The number of nitrogens with zero attached hydrogens (tertiary/aromatic N) is 2. The molecule has 0 fully saturated rings. The van der Waals surface area contributed by atoms with Crippen LogP contribution in [0, 0.1) is 22.7 Å². The smallest absolute Gasteiger partial charge is 0.124 e. The maximum Gasteiger partial charge on any atom is 0.124 e. The van der Waals surface area contributed by atoms with E-state index in [4.69, 9.17) is 0 Å².